The Morgan fingerprint density at radius 1 is 1.14 bits per heavy atom. The molecule has 0 unspecified atom stereocenters. The zero-order valence-electron chi connectivity index (χ0n) is 12.4. The molecule has 0 radical (unpaired) electrons. The quantitative estimate of drug-likeness (QED) is 0.851. The number of rotatable bonds is 5. The minimum absolute atomic E-state index is 0.593. The zero-order valence-corrected chi connectivity index (χ0v) is 13.2. The minimum atomic E-state index is 0.593. The van der Waals surface area contributed by atoms with Crippen LogP contribution in [0.1, 0.15) is 5.56 Å². The minimum Gasteiger partial charge on any atom is -0.492 e. The molecular weight excluding hydrogens is 280 g/mol. The van der Waals surface area contributed by atoms with Crippen LogP contribution in [-0.4, -0.2) is 30.2 Å². The average molecular weight is 300 g/mol. The van der Waals surface area contributed by atoms with Crippen molar-refractivity contribution >= 4 is 23.0 Å². The summed E-state index contributed by atoms with van der Waals surface area (Å²) in [6.07, 6.45) is 0. The van der Waals surface area contributed by atoms with E-state index >= 15 is 0 Å². The summed E-state index contributed by atoms with van der Waals surface area (Å²) in [4.78, 5) is 1.97. The smallest absolute Gasteiger partial charge is 0.173 e. The molecular formula is C17H20N2OS. The van der Waals surface area contributed by atoms with Gasteiger partial charge in [-0.1, -0.05) is 30.3 Å². The average Bonchev–Trinajstić information content (AvgIpc) is 2.48. The fraction of sp³-hybridized carbons (Fsp3) is 0.235. The van der Waals surface area contributed by atoms with Crippen LogP contribution in [-0.2, 0) is 0 Å². The topological polar surface area (TPSA) is 24.5 Å². The van der Waals surface area contributed by atoms with E-state index < -0.39 is 0 Å². The third-order valence-corrected chi connectivity index (χ3v) is 3.47. The molecule has 0 fully saturated rings. The third-order valence-electron chi connectivity index (χ3n) is 3.05. The molecule has 0 aliphatic heterocycles. The summed E-state index contributed by atoms with van der Waals surface area (Å²) < 4.78 is 5.67. The molecule has 0 spiro atoms. The van der Waals surface area contributed by atoms with Crippen LogP contribution in [0.4, 0.5) is 5.69 Å². The lowest BCUT2D eigenvalue weighted by Gasteiger charge is -2.21. The number of hydrogen-bond donors (Lipinski definition) is 1. The van der Waals surface area contributed by atoms with E-state index in [1.54, 1.807) is 0 Å². The van der Waals surface area contributed by atoms with Gasteiger partial charge < -0.3 is 15.0 Å². The maximum absolute atomic E-state index is 5.67. The fourth-order valence-corrected chi connectivity index (χ4v) is 2.07. The van der Waals surface area contributed by atoms with Crippen molar-refractivity contribution in [3.05, 3.63) is 60.2 Å². The summed E-state index contributed by atoms with van der Waals surface area (Å²) in [5.74, 6) is 0.878. The van der Waals surface area contributed by atoms with Crippen LogP contribution in [0.3, 0.4) is 0 Å². The summed E-state index contributed by atoms with van der Waals surface area (Å²) in [6.45, 7) is 3.38. The number of benzene rings is 2. The van der Waals surface area contributed by atoms with Gasteiger partial charge >= 0.3 is 0 Å². The van der Waals surface area contributed by atoms with Gasteiger partial charge in [-0.05, 0) is 49.0 Å². The van der Waals surface area contributed by atoms with Crippen molar-refractivity contribution in [2.24, 2.45) is 0 Å². The molecule has 0 aromatic heterocycles. The van der Waals surface area contributed by atoms with E-state index in [1.165, 1.54) is 5.56 Å². The highest BCUT2D eigenvalue weighted by molar-refractivity contribution is 7.80. The highest BCUT2D eigenvalue weighted by Crippen LogP contribution is 2.11. The maximum atomic E-state index is 5.67. The highest BCUT2D eigenvalue weighted by Gasteiger charge is 2.05. The van der Waals surface area contributed by atoms with Crippen LogP contribution < -0.4 is 10.1 Å². The van der Waals surface area contributed by atoms with Gasteiger partial charge in [0.2, 0.25) is 0 Å². The Balaban J connectivity index is 1.77. The van der Waals surface area contributed by atoms with Crippen molar-refractivity contribution in [3.8, 4) is 5.75 Å². The molecule has 0 amide bonds. The molecule has 2 aromatic rings. The van der Waals surface area contributed by atoms with Crippen molar-refractivity contribution in [1.82, 2.24) is 4.90 Å². The fourth-order valence-electron chi connectivity index (χ4n) is 1.86. The van der Waals surface area contributed by atoms with Crippen LogP contribution in [0.5, 0.6) is 5.75 Å². The number of nitrogens with one attached hydrogen (secondary N) is 1. The molecule has 110 valence electrons. The van der Waals surface area contributed by atoms with E-state index in [0.29, 0.717) is 11.7 Å². The Hall–Kier alpha value is -2.07. The van der Waals surface area contributed by atoms with Crippen molar-refractivity contribution < 1.29 is 4.74 Å². The van der Waals surface area contributed by atoms with Crippen molar-refractivity contribution in [2.45, 2.75) is 6.92 Å². The molecule has 0 heterocycles. The highest BCUT2D eigenvalue weighted by atomic mass is 32.1. The Morgan fingerprint density at radius 2 is 1.90 bits per heavy atom. The second-order valence-electron chi connectivity index (χ2n) is 4.88. The van der Waals surface area contributed by atoms with Crippen LogP contribution in [0.25, 0.3) is 0 Å². The lowest BCUT2D eigenvalue weighted by molar-refractivity contribution is 0.285. The normalized spacial score (nSPS) is 10.0. The van der Waals surface area contributed by atoms with E-state index in [9.17, 15) is 0 Å². The Kier molecular flexibility index (Phi) is 5.58. The van der Waals surface area contributed by atoms with Crippen LogP contribution >= 0.6 is 12.2 Å². The number of hydrogen-bond acceptors (Lipinski definition) is 2. The second-order valence-corrected chi connectivity index (χ2v) is 5.27. The first-order valence-electron chi connectivity index (χ1n) is 6.92. The predicted molar refractivity (Wildman–Crippen MR) is 92.0 cm³/mol. The van der Waals surface area contributed by atoms with Gasteiger partial charge in [-0.25, -0.2) is 0 Å². The number of ether oxygens (including phenoxy) is 1. The molecule has 0 saturated heterocycles. The summed E-state index contributed by atoms with van der Waals surface area (Å²) in [5, 5.41) is 3.92. The number of nitrogens with zero attached hydrogens (tertiary/aromatic N) is 1. The summed E-state index contributed by atoms with van der Waals surface area (Å²) >= 11 is 5.39. The largest absolute Gasteiger partial charge is 0.492 e. The number of anilines is 1. The Labute approximate surface area is 131 Å². The lowest BCUT2D eigenvalue weighted by Crippen LogP contribution is -2.34. The molecule has 2 rings (SSSR count). The van der Waals surface area contributed by atoms with Gasteiger partial charge in [0.1, 0.15) is 12.4 Å². The molecule has 21 heavy (non-hydrogen) atoms. The van der Waals surface area contributed by atoms with Gasteiger partial charge in [0.15, 0.2) is 5.11 Å². The molecule has 0 aliphatic carbocycles. The number of para-hydroxylation sites is 1. The van der Waals surface area contributed by atoms with E-state index in [0.717, 1.165) is 18.0 Å². The van der Waals surface area contributed by atoms with E-state index in [4.69, 9.17) is 17.0 Å². The van der Waals surface area contributed by atoms with Crippen LogP contribution in [0.2, 0.25) is 0 Å². The first-order valence-corrected chi connectivity index (χ1v) is 7.32. The van der Waals surface area contributed by atoms with Gasteiger partial charge in [0.05, 0.1) is 6.54 Å². The van der Waals surface area contributed by atoms with Gasteiger partial charge in [-0.3, -0.25) is 0 Å². The predicted octanol–water partition coefficient (Wildman–Crippen LogP) is 3.70. The molecule has 1 N–H and O–H groups in total. The van der Waals surface area contributed by atoms with Crippen LogP contribution in [0.15, 0.2) is 54.6 Å². The van der Waals surface area contributed by atoms with Crippen molar-refractivity contribution in [1.29, 1.82) is 0 Å². The monoisotopic (exact) mass is 300 g/mol. The standard InChI is InChI=1S/C17H20N2OS/c1-14-7-6-8-15(13-14)18-17(21)19(2)11-12-20-16-9-4-3-5-10-16/h3-10,13H,11-12H2,1-2H3,(H,18,21). The van der Waals surface area contributed by atoms with Gasteiger partial charge in [-0.15, -0.1) is 0 Å². The number of thiocarbonyl (C=S) groups is 1. The molecule has 4 heteroatoms. The molecule has 3 nitrogen and oxygen atoms in total. The first-order chi connectivity index (χ1) is 10.1. The molecule has 0 atom stereocenters. The molecule has 0 aliphatic rings. The summed E-state index contributed by atoms with van der Waals surface area (Å²) in [5.41, 5.74) is 2.22. The zero-order chi connectivity index (χ0) is 15.1. The molecule has 2 aromatic carbocycles. The van der Waals surface area contributed by atoms with Gasteiger partial charge in [-0.2, -0.15) is 0 Å². The Morgan fingerprint density at radius 3 is 2.62 bits per heavy atom. The number of aryl methyl sites for hydroxylation is 1. The summed E-state index contributed by atoms with van der Waals surface area (Å²) in [7, 11) is 1.96. The molecule has 0 bridgehead atoms. The second kappa shape index (κ2) is 7.64. The van der Waals surface area contributed by atoms with Crippen LogP contribution in [0, 0.1) is 6.92 Å². The SMILES string of the molecule is Cc1cccc(NC(=S)N(C)CCOc2ccccc2)c1. The first kappa shape index (κ1) is 15.3. The van der Waals surface area contributed by atoms with Gasteiger partial charge in [0, 0.05) is 12.7 Å². The maximum Gasteiger partial charge on any atom is 0.173 e. The van der Waals surface area contributed by atoms with E-state index in [1.807, 2.05) is 54.4 Å². The van der Waals surface area contributed by atoms with Crippen molar-refractivity contribution in [3.63, 3.8) is 0 Å². The number of likely N-dealkylation sites (N-methyl/N-ethyl adjacent to an activating group) is 1. The third kappa shape index (κ3) is 5.08. The Bertz CT molecular complexity index is 586. The summed E-state index contributed by atoms with van der Waals surface area (Å²) in [6, 6.07) is 17.9. The van der Waals surface area contributed by atoms with E-state index in [2.05, 4.69) is 24.4 Å². The van der Waals surface area contributed by atoms with Gasteiger partial charge in [0.25, 0.3) is 0 Å². The van der Waals surface area contributed by atoms with Crippen molar-refractivity contribution in [2.75, 3.05) is 25.5 Å². The lowest BCUT2D eigenvalue weighted by atomic mass is 10.2. The van der Waals surface area contributed by atoms with E-state index in [-0.39, 0.29) is 0 Å². The molecule has 0 saturated carbocycles.